The van der Waals surface area contributed by atoms with E-state index in [0.29, 0.717) is 24.1 Å². The average Bonchev–Trinajstić information content (AvgIpc) is 3.41. The molecule has 1 unspecified atom stereocenters. The maximum Gasteiger partial charge on any atom is 0.257 e. The maximum atomic E-state index is 12.6. The van der Waals surface area contributed by atoms with E-state index in [-0.39, 0.29) is 5.92 Å². The van der Waals surface area contributed by atoms with Crippen LogP contribution < -0.4 is 0 Å². The van der Waals surface area contributed by atoms with Crippen molar-refractivity contribution in [3.05, 3.63) is 23.4 Å². The first-order valence-electron chi connectivity index (χ1n) is 9.44. The number of rotatable bonds is 5. The molecule has 2 aromatic heterocycles. The van der Waals surface area contributed by atoms with E-state index in [9.17, 15) is 4.79 Å². The molecule has 25 heavy (non-hydrogen) atoms. The Morgan fingerprint density at radius 1 is 1.24 bits per heavy atom. The topological polar surface area (TPSA) is 59.2 Å². The van der Waals surface area contributed by atoms with Crippen molar-refractivity contribution >= 4 is 17.2 Å². The van der Waals surface area contributed by atoms with Crippen molar-refractivity contribution < 1.29 is 9.21 Å². The van der Waals surface area contributed by atoms with E-state index in [1.165, 1.54) is 25.7 Å². The van der Waals surface area contributed by atoms with Gasteiger partial charge in [-0.3, -0.25) is 4.79 Å². The third kappa shape index (κ3) is 3.94. The van der Waals surface area contributed by atoms with Crippen molar-refractivity contribution in [1.82, 2.24) is 15.1 Å². The molecule has 0 N–H and O–H groups in total. The van der Waals surface area contributed by atoms with Crippen molar-refractivity contribution in [3.8, 4) is 10.8 Å². The molecule has 134 valence electrons. The molecule has 2 aromatic rings. The lowest BCUT2D eigenvalue weighted by molar-refractivity contribution is -0.132. The first-order chi connectivity index (χ1) is 12.3. The molecule has 0 aromatic carbocycles. The highest BCUT2D eigenvalue weighted by molar-refractivity contribution is 7.13. The van der Waals surface area contributed by atoms with Crippen LogP contribution in [0, 0.1) is 5.92 Å². The van der Waals surface area contributed by atoms with Crippen LogP contribution in [-0.2, 0) is 4.79 Å². The van der Waals surface area contributed by atoms with Gasteiger partial charge in [0.15, 0.2) is 0 Å². The number of nitrogens with zero attached hydrogens (tertiary/aromatic N) is 3. The minimum Gasteiger partial charge on any atom is -0.420 e. The number of carbonyl (C=O) groups excluding carboxylic acids is 1. The minimum absolute atomic E-state index is 0.172. The van der Waals surface area contributed by atoms with Crippen LogP contribution in [0.25, 0.3) is 10.8 Å². The number of carbonyl (C=O) groups is 1. The van der Waals surface area contributed by atoms with Crippen LogP contribution in [0.5, 0.6) is 0 Å². The normalized spacial score (nSPS) is 21.8. The molecule has 0 spiro atoms. The molecule has 0 radical (unpaired) electrons. The highest BCUT2D eigenvalue weighted by Crippen LogP contribution is 2.31. The van der Waals surface area contributed by atoms with Crippen molar-refractivity contribution in [2.75, 3.05) is 13.1 Å². The molecule has 5 nitrogen and oxygen atoms in total. The second-order valence-electron chi connectivity index (χ2n) is 7.29. The predicted octanol–water partition coefficient (Wildman–Crippen LogP) is 4.47. The summed E-state index contributed by atoms with van der Waals surface area (Å²) < 4.78 is 5.89. The monoisotopic (exact) mass is 359 g/mol. The summed E-state index contributed by atoms with van der Waals surface area (Å²) in [7, 11) is 0. The van der Waals surface area contributed by atoms with Gasteiger partial charge in [-0.15, -0.1) is 21.5 Å². The third-order valence-electron chi connectivity index (χ3n) is 5.54. The summed E-state index contributed by atoms with van der Waals surface area (Å²) in [4.78, 5) is 15.6. The molecule has 2 aliphatic rings. The summed E-state index contributed by atoms with van der Waals surface area (Å²) in [5.41, 5.74) is 0. The van der Waals surface area contributed by atoms with Crippen molar-refractivity contribution in [3.63, 3.8) is 0 Å². The Bertz CT molecular complexity index is 691. The Hall–Kier alpha value is -1.69. The smallest absolute Gasteiger partial charge is 0.257 e. The quantitative estimate of drug-likeness (QED) is 0.790. The zero-order valence-corrected chi connectivity index (χ0v) is 15.3. The predicted molar refractivity (Wildman–Crippen MR) is 97.4 cm³/mol. The Morgan fingerprint density at radius 3 is 2.92 bits per heavy atom. The van der Waals surface area contributed by atoms with E-state index in [4.69, 9.17) is 4.42 Å². The van der Waals surface area contributed by atoms with Gasteiger partial charge in [0.25, 0.3) is 5.89 Å². The Balaban J connectivity index is 1.35. The summed E-state index contributed by atoms with van der Waals surface area (Å²) in [6, 6.07) is 3.97. The molecular weight excluding hydrogens is 334 g/mol. The van der Waals surface area contributed by atoms with E-state index < -0.39 is 0 Å². The summed E-state index contributed by atoms with van der Waals surface area (Å²) in [6.45, 7) is 1.58. The molecule has 4 rings (SSSR count). The van der Waals surface area contributed by atoms with Crippen LogP contribution in [0.1, 0.15) is 63.2 Å². The number of likely N-dealkylation sites (tertiary alicyclic amines) is 1. The van der Waals surface area contributed by atoms with Crippen molar-refractivity contribution in [2.45, 2.75) is 57.3 Å². The second-order valence-corrected chi connectivity index (χ2v) is 8.24. The summed E-state index contributed by atoms with van der Waals surface area (Å²) >= 11 is 1.60. The molecule has 1 aliphatic heterocycles. The molecule has 1 atom stereocenters. The molecule has 2 fully saturated rings. The average molecular weight is 359 g/mol. The molecule has 1 saturated carbocycles. The SMILES string of the molecule is O=C(CCC1CCCC1)N1CCCC(c2nnc(-c3cccs3)o2)C1. The molecule has 1 aliphatic carbocycles. The number of hydrogen-bond donors (Lipinski definition) is 0. The van der Waals surface area contributed by atoms with Crippen LogP contribution in [0.4, 0.5) is 0 Å². The van der Waals surface area contributed by atoms with Crippen LogP contribution in [-0.4, -0.2) is 34.1 Å². The molecule has 0 bridgehead atoms. The van der Waals surface area contributed by atoms with E-state index in [1.807, 2.05) is 22.4 Å². The fourth-order valence-corrected chi connectivity index (χ4v) is 4.73. The fraction of sp³-hybridized carbons (Fsp3) is 0.632. The number of thiophene rings is 1. The molecule has 1 saturated heterocycles. The molecule has 1 amide bonds. The Morgan fingerprint density at radius 2 is 2.12 bits per heavy atom. The Kier molecular flexibility index (Phi) is 5.15. The van der Waals surface area contributed by atoms with Crippen LogP contribution in [0.3, 0.4) is 0 Å². The maximum absolute atomic E-state index is 12.6. The van der Waals surface area contributed by atoms with Crippen LogP contribution >= 0.6 is 11.3 Å². The van der Waals surface area contributed by atoms with E-state index >= 15 is 0 Å². The van der Waals surface area contributed by atoms with Crippen molar-refractivity contribution in [2.24, 2.45) is 5.92 Å². The largest absolute Gasteiger partial charge is 0.420 e. The number of hydrogen-bond acceptors (Lipinski definition) is 5. The minimum atomic E-state index is 0.172. The third-order valence-corrected chi connectivity index (χ3v) is 6.39. The molecule has 6 heteroatoms. The lowest BCUT2D eigenvalue weighted by atomic mass is 9.96. The number of amides is 1. The van der Waals surface area contributed by atoms with Gasteiger partial charge in [0.2, 0.25) is 11.8 Å². The first-order valence-corrected chi connectivity index (χ1v) is 10.3. The van der Waals surface area contributed by atoms with E-state index in [0.717, 1.165) is 43.1 Å². The van der Waals surface area contributed by atoms with Gasteiger partial charge in [-0.1, -0.05) is 31.7 Å². The summed E-state index contributed by atoms with van der Waals surface area (Å²) in [5, 5.41) is 10.4. The molecule has 3 heterocycles. The van der Waals surface area contributed by atoms with Crippen LogP contribution in [0.15, 0.2) is 21.9 Å². The van der Waals surface area contributed by atoms with E-state index in [1.54, 1.807) is 11.3 Å². The summed E-state index contributed by atoms with van der Waals surface area (Å²) in [6.07, 6.45) is 9.08. The van der Waals surface area contributed by atoms with Gasteiger partial charge in [0, 0.05) is 19.5 Å². The zero-order chi connectivity index (χ0) is 17.1. The lowest BCUT2D eigenvalue weighted by Crippen LogP contribution is -2.39. The van der Waals surface area contributed by atoms with Gasteiger partial charge in [-0.25, -0.2) is 0 Å². The van der Waals surface area contributed by atoms with E-state index in [2.05, 4.69) is 10.2 Å². The molecular formula is C19H25N3O2S. The van der Waals surface area contributed by atoms with Gasteiger partial charge in [-0.05, 0) is 36.6 Å². The van der Waals surface area contributed by atoms with Gasteiger partial charge in [-0.2, -0.15) is 0 Å². The highest BCUT2D eigenvalue weighted by Gasteiger charge is 2.29. The number of piperidine rings is 1. The van der Waals surface area contributed by atoms with Gasteiger partial charge < -0.3 is 9.32 Å². The van der Waals surface area contributed by atoms with Crippen molar-refractivity contribution in [1.29, 1.82) is 0 Å². The van der Waals surface area contributed by atoms with Gasteiger partial charge in [0.1, 0.15) is 0 Å². The first kappa shape index (κ1) is 16.8. The fourth-order valence-electron chi connectivity index (χ4n) is 4.09. The zero-order valence-electron chi connectivity index (χ0n) is 14.5. The highest BCUT2D eigenvalue weighted by atomic mass is 32.1. The van der Waals surface area contributed by atoms with Crippen LogP contribution in [0.2, 0.25) is 0 Å². The second kappa shape index (κ2) is 7.68. The Labute approximate surface area is 152 Å². The van der Waals surface area contributed by atoms with Gasteiger partial charge in [0.05, 0.1) is 10.8 Å². The van der Waals surface area contributed by atoms with Gasteiger partial charge >= 0.3 is 0 Å². The lowest BCUT2D eigenvalue weighted by Gasteiger charge is -2.31. The standard InChI is InChI=1S/C19H25N3O2S/c23-17(10-9-14-5-1-2-6-14)22-11-3-7-15(13-22)18-20-21-19(24-18)16-8-4-12-25-16/h4,8,12,14-15H,1-3,5-7,9-11,13H2. The summed E-state index contributed by atoms with van der Waals surface area (Å²) in [5.74, 6) is 2.51. The number of aromatic nitrogens is 2.